The molecule has 0 aliphatic rings. The molecule has 1 nitrogen and oxygen atoms in total. The van der Waals surface area contributed by atoms with Gasteiger partial charge in [-0.1, -0.05) is 0 Å². The largest absolute Gasteiger partial charge is 0.371 e. The van der Waals surface area contributed by atoms with Crippen LogP contribution in [0.5, 0.6) is 0 Å². The van der Waals surface area contributed by atoms with Crippen LogP contribution >= 0.6 is 22.6 Å². The van der Waals surface area contributed by atoms with E-state index in [9.17, 15) is 4.39 Å². The summed E-state index contributed by atoms with van der Waals surface area (Å²) >= 11 is 2.18. The third-order valence-corrected chi connectivity index (χ3v) is 2.72. The Bertz CT molecular complexity index is 318. The molecule has 0 radical (unpaired) electrons. The van der Waals surface area contributed by atoms with Crippen molar-refractivity contribution in [1.82, 2.24) is 0 Å². The minimum atomic E-state index is -0.210. The first-order chi connectivity index (χ1) is 6.38. The maximum absolute atomic E-state index is 12.9. The second-order valence-electron chi connectivity index (χ2n) is 4.14. The zero-order chi connectivity index (χ0) is 10.8. The standard InChI is InChI=1S/C11H14FIO/c1-11(2,3)14-7-8-6-9(12)4-5-10(8)13/h4-6H,7H2,1-3H3. The molecule has 1 rings (SSSR count). The summed E-state index contributed by atoms with van der Waals surface area (Å²) in [6.45, 7) is 6.41. The van der Waals surface area contributed by atoms with E-state index in [0.29, 0.717) is 6.61 Å². The summed E-state index contributed by atoms with van der Waals surface area (Å²) in [5.74, 6) is -0.210. The van der Waals surface area contributed by atoms with Crippen LogP contribution in [0.15, 0.2) is 18.2 Å². The van der Waals surface area contributed by atoms with Crippen molar-refractivity contribution in [3.63, 3.8) is 0 Å². The van der Waals surface area contributed by atoms with Crippen molar-refractivity contribution in [3.8, 4) is 0 Å². The van der Waals surface area contributed by atoms with Crippen molar-refractivity contribution in [1.29, 1.82) is 0 Å². The Hall–Kier alpha value is -0.160. The molecular weight excluding hydrogens is 294 g/mol. The molecule has 1 aromatic rings. The van der Waals surface area contributed by atoms with E-state index < -0.39 is 0 Å². The molecular formula is C11H14FIO. The zero-order valence-electron chi connectivity index (χ0n) is 8.60. The second-order valence-corrected chi connectivity index (χ2v) is 5.30. The van der Waals surface area contributed by atoms with Gasteiger partial charge in [-0.25, -0.2) is 4.39 Å². The van der Waals surface area contributed by atoms with E-state index in [1.165, 1.54) is 12.1 Å². The molecule has 0 saturated heterocycles. The maximum Gasteiger partial charge on any atom is 0.123 e. The molecule has 78 valence electrons. The molecule has 0 amide bonds. The van der Waals surface area contributed by atoms with Gasteiger partial charge in [-0.2, -0.15) is 0 Å². The maximum atomic E-state index is 12.9. The zero-order valence-corrected chi connectivity index (χ0v) is 10.8. The van der Waals surface area contributed by atoms with Crippen molar-refractivity contribution in [2.24, 2.45) is 0 Å². The molecule has 0 aliphatic heterocycles. The number of benzene rings is 1. The predicted molar refractivity (Wildman–Crippen MR) is 63.7 cm³/mol. The summed E-state index contributed by atoms with van der Waals surface area (Å²) in [6.07, 6.45) is 0. The predicted octanol–water partition coefficient (Wildman–Crippen LogP) is 3.75. The Morgan fingerprint density at radius 3 is 2.57 bits per heavy atom. The molecule has 3 heteroatoms. The Kier molecular flexibility index (Phi) is 3.89. The molecule has 0 fully saturated rings. The highest BCUT2D eigenvalue weighted by molar-refractivity contribution is 14.1. The minimum Gasteiger partial charge on any atom is -0.371 e. The van der Waals surface area contributed by atoms with Crippen molar-refractivity contribution < 1.29 is 9.13 Å². The molecule has 0 unspecified atom stereocenters. The minimum absolute atomic E-state index is 0.185. The van der Waals surface area contributed by atoms with E-state index >= 15 is 0 Å². The van der Waals surface area contributed by atoms with Gasteiger partial charge in [0.15, 0.2) is 0 Å². The van der Waals surface area contributed by atoms with Crippen LogP contribution in [0, 0.1) is 9.39 Å². The molecule has 0 atom stereocenters. The third-order valence-electron chi connectivity index (χ3n) is 1.67. The highest BCUT2D eigenvalue weighted by Crippen LogP contribution is 2.17. The summed E-state index contributed by atoms with van der Waals surface area (Å²) in [4.78, 5) is 0. The first-order valence-electron chi connectivity index (χ1n) is 4.46. The van der Waals surface area contributed by atoms with E-state index in [1.54, 1.807) is 6.07 Å². The molecule has 1 aromatic carbocycles. The molecule has 0 aliphatic carbocycles. The van der Waals surface area contributed by atoms with Gasteiger partial charge in [0.2, 0.25) is 0 Å². The number of hydrogen-bond acceptors (Lipinski definition) is 1. The normalized spacial score (nSPS) is 11.8. The summed E-state index contributed by atoms with van der Waals surface area (Å²) in [5.41, 5.74) is 0.718. The number of halogens is 2. The topological polar surface area (TPSA) is 9.23 Å². The highest BCUT2D eigenvalue weighted by Gasteiger charge is 2.11. The SMILES string of the molecule is CC(C)(C)OCc1cc(F)ccc1I. The fourth-order valence-corrected chi connectivity index (χ4v) is 1.44. The summed E-state index contributed by atoms with van der Waals surface area (Å²) < 4.78 is 19.5. The lowest BCUT2D eigenvalue weighted by Gasteiger charge is -2.20. The van der Waals surface area contributed by atoms with Crippen LogP contribution in [0.25, 0.3) is 0 Å². The van der Waals surface area contributed by atoms with E-state index in [0.717, 1.165) is 9.13 Å². The van der Waals surface area contributed by atoms with Gasteiger partial charge in [-0.05, 0) is 67.1 Å². The molecule has 0 spiro atoms. The fraction of sp³-hybridized carbons (Fsp3) is 0.455. The average molecular weight is 308 g/mol. The lowest BCUT2D eigenvalue weighted by atomic mass is 10.2. The molecule has 0 N–H and O–H groups in total. The van der Waals surface area contributed by atoms with Crippen LogP contribution in [0.1, 0.15) is 26.3 Å². The first kappa shape index (κ1) is 11.9. The van der Waals surface area contributed by atoms with Gasteiger partial charge in [0.25, 0.3) is 0 Å². The van der Waals surface area contributed by atoms with Crippen LogP contribution in [0.2, 0.25) is 0 Å². The fourth-order valence-electron chi connectivity index (χ4n) is 0.948. The lowest BCUT2D eigenvalue weighted by molar-refractivity contribution is -0.0153. The number of rotatable bonds is 2. The van der Waals surface area contributed by atoms with Gasteiger partial charge in [0.1, 0.15) is 5.82 Å². The van der Waals surface area contributed by atoms with E-state index in [1.807, 2.05) is 20.8 Å². The summed E-state index contributed by atoms with van der Waals surface area (Å²) in [6, 6.07) is 4.74. The average Bonchev–Trinajstić information content (AvgIpc) is 2.05. The Morgan fingerprint density at radius 1 is 1.36 bits per heavy atom. The Morgan fingerprint density at radius 2 is 2.00 bits per heavy atom. The second kappa shape index (κ2) is 4.57. The Labute approximate surface area is 97.8 Å². The molecule has 0 saturated carbocycles. The van der Waals surface area contributed by atoms with Crippen LogP contribution in [-0.2, 0) is 11.3 Å². The lowest BCUT2D eigenvalue weighted by Crippen LogP contribution is -2.19. The van der Waals surface area contributed by atoms with Crippen LogP contribution in [-0.4, -0.2) is 5.60 Å². The van der Waals surface area contributed by atoms with Gasteiger partial charge in [-0.3, -0.25) is 0 Å². The van der Waals surface area contributed by atoms with Crippen molar-refractivity contribution in [2.75, 3.05) is 0 Å². The third kappa shape index (κ3) is 3.92. The van der Waals surface area contributed by atoms with Crippen LogP contribution in [0.3, 0.4) is 0 Å². The van der Waals surface area contributed by atoms with E-state index in [2.05, 4.69) is 22.6 Å². The smallest absolute Gasteiger partial charge is 0.123 e. The molecule has 0 bridgehead atoms. The molecule has 14 heavy (non-hydrogen) atoms. The van der Waals surface area contributed by atoms with E-state index in [-0.39, 0.29) is 11.4 Å². The van der Waals surface area contributed by atoms with Gasteiger partial charge >= 0.3 is 0 Å². The van der Waals surface area contributed by atoms with E-state index in [4.69, 9.17) is 4.74 Å². The molecule has 0 aromatic heterocycles. The van der Waals surface area contributed by atoms with Gasteiger partial charge in [-0.15, -0.1) is 0 Å². The van der Waals surface area contributed by atoms with Gasteiger partial charge in [0.05, 0.1) is 12.2 Å². The van der Waals surface area contributed by atoms with Gasteiger partial charge in [0, 0.05) is 3.57 Å². The van der Waals surface area contributed by atoms with Crippen molar-refractivity contribution >= 4 is 22.6 Å². The summed E-state index contributed by atoms with van der Waals surface area (Å²) in [5, 5.41) is 0. The quantitative estimate of drug-likeness (QED) is 0.756. The molecule has 0 heterocycles. The highest BCUT2D eigenvalue weighted by atomic mass is 127. The first-order valence-corrected chi connectivity index (χ1v) is 5.54. The Balaban J connectivity index is 2.72. The van der Waals surface area contributed by atoms with Crippen LogP contribution < -0.4 is 0 Å². The monoisotopic (exact) mass is 308 g/mol. The number of ether oxygens (including phenoxy) is 1. The van der Waals surface area contributed by atoms with Crippen molar-refractivity contribution in [3.05, 3.63) is 33.1 Å². The van der Waals surface area contributed by atoms with Crippen molar-refractivity contribution in [2.45, 2.75) is 33.0 Å². The van der Waals surface area contributed by atoms with Crippen LogP contribution in [0.4, 0.5) is 4.39 Å². The summed E-state index contributed by atoms with van der Waals surface area (Å²) in [7, 11) is 0. The number of hydrogen-bond donors (Lipinski definition) is 0. The van der Waals surface area contributed by atoms with Gasteiger partial charge < -0.3 is 4.74 Å².